The molecule has 1 aromatic rings. The van der Waals surface area contributed by atoms with Crippen LogP contribution < -0.4 is 0 Å². The van der Waals surface area contributed by atoms with Gasteiger partial charge in [-0.3, -0.25) is 0 Å². The molecular weight excluding hydrogens is 179 g/mol. The van der Waals surface area contributed by atoms with Gasteiger partial charge in [0.25, 0.3) is 0 Å². The zero-order chi connectivity index (χ0) is 8.43. The highest BCUT2D eigenvalue weighted by molar-refractivity contribution is 6.34. The third kappa shape index (κ3) is 1.88. The SMILES string of the molecule is CCc1cc(Cl)c(C)cc1Cl. The van der Waals surface area contributed by atoms with Crippen molar-refractivity contribution in [2.45, 2.75) is 20.3 Å². The van der Waals surface area contributed by atoms with Gasteiger partial charge >= 0.3 is 0 Å². The molecule has 0 nitrogen and oxygen atoms in total. The fraction of sp³-hybridized carbons (Fsp3) is 0.333. The number of benzene rings is 1. The number of hydrogen-bond acceptors (Lipinski definition) is 0. The highest BCUT2D eigenvalue weighted by Gasteiger charge is 2.01. The van der Waals surface area contributed by atoms with Crippen LogP contribution in [0.5, 0.6) is 0 Å². The Morgan fingerprint density at radius 3 is 2.36 bits per heavy atom. The Morgan fingerprint density at radius 1 is 1.18 bits per heavy atom. The molecule has 0 aliphatic rings. The predicted molar refractivity (Wildman–Crippen MR) is 50.6 cm³/mol. The summed E-state index contributed by atoms with van der Waals surface area (Å²) >= 11 is 11.8. The monoisotopic (exact) mass is 188 g/mol. The Hall–Kier alpha value is -0.200. The maximum atomic E-state index is 5.94. The van der Waals surface area contributed by atoms with Gasteiger partial charge in [0, 0.05) is 10.0 Å². The molecule has 1 aromatic carbocycles. The van der Waals surface area contributed by atoms with Crippen molar-refractivity contribution in [1.82, 2.24) is 0 Å². The number of rotatable bonds is 1. The fourth-order valence-electron chi connectivity index (χ4n) is 0.958. The Morgan fingerprint density at radius 2 is 1.82 bits per heavy atom. The molecule has 11 heavy (non-hydrogen) atoms. The van der Waals surface area contributed by atoms with E-state index in [1.807, 2.05) is 19.1 Å². The Bertz CT molecular complexity index is 267. The second-order valence-electron chi connectivity index (χ2n) is 2.55. The van der Waals surface area contributed by atoms with E-state index in [-0.39, 0.29) is 0 Å². The molecule has 0 N–H and O–H groups in total. The minimum Gasteiger partial charge on any atom is -0.0840 e. The van der Waals surface area contributed by atoms with Crippen molar-refractivity contribution in [3.05, 3.63) is 33.3 Å². The summed E-state index contributed by atoms with van der Waals surface area (Å²) < 4.78 is 0. The first-order valence-electron chi connectivity index (χ1n) is 3.59. The van der Waals surface area contributed by atoms with Gasteiger partial charge in [-0.15, -0.1) is 0 Å². The molecule has 1 rings (SSSR count). The molecule has 0 saturated carbocycles. The average molecular weight is 189 g/mol. The van der Waals surface area contributed by atoms with Crippen molar-refractivity contribution in [3.8, 4) is 0 Å². The Balaban J connectivity index is 3.21. The third-order valence-corrected chi connectivity index (χ3v) is 2.47. The van der Waals surface area contributed by atoms with E-state index in [0.717, 1.165) is 27.6 Å². The zero-order valence-corrected chi connectivity index (χ0v) is 8.13. The van der Waals surface area contributed by atoms with Crippen LogP contribution in [0.1, 0.15) is 18.1 Å². The van der Waals surface area contributed by atoms with Crippen LogP contribution in [0.4, 0.5) is 0 Å². The zero-order valence-electron chi connectivity index (χ0n) is 6.62. The molecule has 0 heterocycles. The molecule has 0 aliphatic carbocycles. The molecular formula is C9H10Cl2. The van der Waals surface area contributed by atoms with Crippen molar-refractivity contribution in [2.75, 3.05) is 0 Å². The molecule has 0 bridgehead atoms. The standard InChI is InChI=1S/C9H10Cl2/c1-3-7-5-8(10)6(2)4-9(7)11/h4-5H,3H2,1-2H3. The first kappa shape index (κ1) is 8.89. The van der Waals surface area contributed by atoms with Crippen molar-refractivity contribution < 1.29 is 0 Å². The summed E-state index contributed by atoms with van der Waals surface area (Å²) in [6, 6.07) is 3.84. The molecule has 0 fully saturated rings. The quantitative estimate of drug-likeness (QED) is 0.629. The van der Waals surface area contributed by atoms with Crippen molar-refractivity contribution in [3.63, 3.8) is 0 Å². The van der Waals surface area contributed by atoms with Gasteiger partial charge in [0.2, 0.25) is 0 Å². The van der Waals surface area contributed by atoms with Crippen LogP contribution in [0.25, 0.3) is 0 Å². The largest absolute Gasteiger partial charge is 0.0840 e. The summed E-state index contributed by atoms with van der Waals surface area (Å²) in [5.41, 5.74) is 2.15. The number of halogens is 2. The van der Waals surface area contributed by atoms with Gasteiger partial charge in [0.15, 0.2) is 0 Å². The Labute approximate surface area is 77.1 Å². The summed E-state index contributed by atoms with van der Waals surface area (Å²) in [5.74, 6) is 0. The number of hydrogen-bond donors (Lipinski definition) is 0. The van der Waals surface area contributed by atoms with E-state index in [9.17, 15) is 0 Å². The molecule has 0 aromatic heterocycles. The molecule has 0 spiro atoms. The van der Waals surface area contributed by atoms with E-state index in [0.29, 0.717) is 0 Å². The molecule has 60 valence electrons. The number of aryl methyl sites for hydroxylation is 2. The highest BCUT2D eigenvalue weighted by atomic mass is 35.5. The van der Waals surface area contributed by atoms with Gasteiger partial charge in [0.1, 0.15) is 0 Å². The lowest BCUT2D eigenvalue weighted by Crippen LogP contribution is -1.84. The minimum absolute atomic E-state index is 0.797. The first-order valence-corrected chi connectivity index (χ1v) is 4.35. The summed E-state index contributed by atoms with van der Waals surface area (Å²) in [4.78, 5) is 0. The Kier molecular flexibility index (Phi) is 2.80. The lowest BCUT2D eigenvalue weighted by Gasteiger charge is -2.03. The van der Waals surface area contributed by atoms with E-state index >= 15 is 0 Å². The molecule has 0 atom stereocenters. The molecule has 0 unspecified atom stereocenters. The summed E-state index contributed by atoms with van der Waals surface area (Å²) in [7, 11) is 0. The van der Waals surface area contributed by atoms with E-state index in [1.54, 1.807) is 0 Å². The highest BCUT2D eigenvalue weighted by Crippen LogP contribution is 2.24. The second-order valence-corrected chi connectivity index (χ2v) is 3.36. The molecule has 0 amide bonds. The van der Waals surface area contributed by atoms with E-state index in [1.165, 1.54) is 0 Å². The van der Waals surface area contributed by atoms with Gasteiger partial charge in [0.05, 0.1) is 0 Å². The summed E-state index contributed by atoms with van der Waals surface area (Å²) in [6.07, 6.45) is 0.929. The topological polar surface area (TPSA) is 0 Å². The van der Waals surface area contributed by atoms with Crippen LogP contribution >= 0.6 is 23.2 Å². The van der Waals surface area contributed by atoms with Crippen LogP contribution in [0.15, 0.2) is 12.1 Å². The van der Waals surface area contributed by atoms with Crippen molar-refractivity contribution >= 4 is 23.2 Å². The average Bonchev–Trinajstić information content (AvgIpc) is 1.97. The smallest absolute Gasteiger partial charge is 0.0441 e. The van der Waals surface area contributed by atoms with Gasteiger partial charge < -0.3 is 0 Å². The van der Waals surface area contributed by atoms with Gasteiger partial charge in [-0.05, 0) is 36.6 Å². The minimum atomic E-state index is 0.797. The lowest BCUT2D eigenvalue weighted by atomic mass is 10.1. The van der Waals surface area contributed by atoms with Crippen LogP contribution in [0.2, 0.25) is 10.0 Å². The van der Waals surface area contributed by atoms with E-state index < -0.39 is 0 Å². The van der Waals surface area contributed by atoms with Crippen LogP contribution in [0.3, 0.4) is 0 Å². The van der Waals surface area contributed by atoms with Crippen molar-refractivity contribution in [2.24, 2.45) is 0 Å². The molecule has 2 heteroatoms. The van der Waals surface area contributed by atoms with Crippen LogP contribution in [0, 0.1) is 6.92 Å². The summed E-state index contributed by atoms with van der Waals surface area (Å²) in [6.45, 7) is 4.01. The molecule has 0 radical (unpaired) electrons. The summed E-state index contributed by atoms with van der Waals surface area (Å²) in [5, 5.41) is 1.61. The first-order chi connectivity index (χ1) is 5.15. The second kappa shape index (κ2) is 3.46. The van der Waals surface area contributed by atoms with E-state index in [4.69, 9.17) is 23.2 Å². The maximum Gasteiger partial charge on any atom is 0.0441 e. The molecule has 0 saturated heterocycles. The normalized spacial score (nSPS) is 10.2. The third-order valence-electron chi connectivity index (χ3n) is 1.71. The van der Waals surface area contributed by atoms with Crippen molar-refractivity contribution in [1.29, 1.82) is 0 Å². The predicted octanol–water partition coefficient (Wildman–Crippen LogP) is 3.86. The fourth-order valence-corrected chi connectivity index (χ4v) is 1.50. The van der Waals surface area contributed by atoms with Gasteiger partial charge in [-0.25, -0.2) is 0 Å². The van der Waals surface area contributed by atoms with Gasteiger partial charge in [-0.2, -0.15) is 0 Å². The molecule has 0 aliphatic heterocycles. The van der Waals surface area contributed by atoms with Crippen LogP contribution in [-0.4, -0.2) is 0 Å². The van der Waals surface area contributed by atoms with Crippen LogP contribution in [-0.2, 0) is 6.42 Å². The maximum absolute atomic E-state index is 5.94. The lowest BCUT2D eigenvalue weighted by molar-refractivity contribution is 1.14. The van der Waals surface area contributed by atoms with Gasteiger partial charge in [-0.1, -0.05) is 30.1 Å². The van der Waals surface area contributed by atoms with E-state index in [2.05, 4.69) is 6.92 Å².